The summed E-state index contributed by atoms with van der Waals surface area (Å²) < 4.78 is 5.06. The Hall–Kier alpha value is -2.26. The van der Waals surface area contributed by atoms with E-state index in [0.29, 0.717) is 44.8 Å². The number of carbonyl (C=O) groups is 1. The molecule has 8 nitrogen and oxygen atoms in total. The van der Waals surface area contributed by atoms with Gasteiger partial charge in [0.25, 0.3) is 5.91 Å². The summed E-state index contributed by atoms with van der Waals surface area (Å²) in [5, 5.41) is 5.02. The predicted octanol–water partition coefficient (Wildman–Crippen LogP) is 0.815. The van der Waals surface area contributed by atoms with Crippen molar-refractivity contribution in [2.45, 2.75) is 12.8 Å². The summed E-state index contributed by atoms with van der Waals surface area (Å²) in [5.74, 6) is 0.935. The molecule has 2 aromatic heterocycles. The van der Waals surface area contributed by atoms with Crippen molar-refractivity contribution in [1.82, 2.24) is 19.9 Å². The Morgan fingerprint density at radius 2 is 2.25 bits per heavy atom. The molecule has 1 amide bonds. The molecule has 24 heavy (non-hydrogen) atoms. The number of amides is 1. The zero-order chi connectivity index (χ0) is 16.9. The first kappa shape index (κ1) is 16.6. The number of hydrogen-bond donors (Lipinski definition) is 2. The second-order valence-corrected chi connectivity index (χ2v) is 6.16. The number of ether oxygens (including phenoxy) is 1. The highest BCUT2D eigenvalue weighted by atomic mass is 32.1. The number of hydrogen-bond acceptors (Lipinski definition) is 8. The number of nitrogens with two attached hydrogens (primary N) is 1. The van der Waals surface area contributed by atoms with Crippen LogP contribution in [-0.2, 0) is 17.6 Å². The molecule has 9 heteroatoms. The Balaban J connectivity index is 1.77. The molecule has 1 aliphatic rings. The minimum atomic E-state index is -0.0427. The number of rotatable bonds is 5. The topological polar surface area (TPSA) is 106 Å². The highest BCUT2D eigenvalue weighted by Crippen LogP contribution is 2.23. The standard InChI is InChI=1S/C15H20N6O2S/c1-23-7-4-17-13-10-2-5-21(14(22)12-8-24-9-18-12)6-3-11(10)19-15(16)20-13/h8-9H,2-7H2,1H3,(H3,16,17,19,20). The fourth-order valence-electron chi connectivity index (χ4n) is 2.72. The SMILES string of the molecule is COCCNc1nc(N)nc2c1CCN(C(=O)c1cscn1)CC2. The van der Waals surface area contributed by atoms with E-state index < -0.39 is 0 Å². The van der Waals surface area contributed by atoms with E-state index in [2.05, 4.69) is 20.3 Å². The van der Waals surface area contributed by atoms with Gasteiger partial charge in [0.15, 0.2) is 0 Å². The van der Waals surface area contributed by atoms with E-state index in [0.717, 1.165) is 17.1 Å². The van der Waals surface area contributed by atoms with Crippen LogP contribution in [0.25, 0.3) is 0 Å². The predicted molar refractivity (Wildman–Crippen MR) is 92.2 cm³/mol. The number of anilines is 2. The number of nitrogen functional groups attached to an aromatic ring is 1. The van der Waals surface area contributed by atoms with Crippen LogP contribution < -0.4 is 11.1 Å². The lowest BCUT2D eigenvalue weighted by molar-refractivity contribution is 0.0758. The molecule has 2 aromatic rings. The lowest BCUT2D eigenvalue weighted by Gasteiger charge is -2.18. The molecular formula is C15H20N6O2S. The summed E-state index contributed by atoms with van der Waals surface area (Å²) in [6.45, 7) is 2.42. The Morgan fingerprint density at radius 1 is 1.42 bits per heavy atom. The van der Waals surface area contributed by atoms with Gasteiger partial charge in [-0.2, -0.15) is 4.98 Å². The van der Waals surface area contributed by atoms with E-state index in [1.54, 1.807) is 18.0 Å². The molecule has 1 aliphatic heterocycles. The maximum Gasteiger partial charge on any atom is 0.273 e. The van der Waals surface area contributed by atoms with Gasteiger partial charge in [0.05, 0.1) is 17.8 Å². The van der Waals surface area contributed by atoms with Crippen molar-refractivity contribution < 1.29 is 9.53 Å². The van der Waals surface area contributed by atoms with Crippen LogP contribution in [0.3, 0.4) is 0 Å². The number of aromatic nitrogens is 3. The molecule has 0 atom stereocenters. The number of thiazole rings is 1. The van der Waals surface area contributed by atoms with E-state index in [1.165, 1.54) is 11.3 Å². The van der Waals surface area contributed by atoms with Crippen LogP contribution in [0.5, 0.6) is 0 Å². The van der Waals surface area contributed by atoms with E-state index in [9.17, 15) is 4.79 Å². The molecule has 0 radical (unpaired) electrons. The van der Waals surface area contributed by atoms with Gasteiger partial charge in [-0.15, -0.1) is 11.3 Å². The van der Waals surface area contributed by atoms with Crippen molar-refractivity contribution in [2.24, 2.45) is 0 Å². The molecule has 0 saturated heterocycles. The van der Waals surface area contributed by atoms with Gasteiger partial charge in [0.2, 0.25) is 5.95 Å². The number of carbonyl (C=O) groups excluding carboxylic acids is 1. The van der Waals surface area contributed by atoms with Crippen LogP contribution >= 0.6 is 11.3 Å². The summed E-state index contributed by atoms with van der Waals surface area (Å²) >= 11 is 1.42. The summed E-state index contributed by atoms with van der Waals surface area (Å²) in [5.41, 5.74) is 9.91. The Morgan fingerprint density at radius 3 is 3.00 bits per heavy atom. The molecule has 0 unspecified atom stereocenters. The molecule has 3 rings (SSSR count). The Kier molecular flexibility index (Phi) is 5.21. The fraction of sp³-hybridized carbons (Fsp3) is 0.467. The molecule has 3 N–H and O–H groups in total. The number of methoxy groups -OCH3 is 1. The van der Waals surface area contributed by atoms with Gasteiger partial charge in [-0.3, -0.25) is 4.79 Å². The van der Waals surface area contributed by atoms with Gasteiger partial charge in [0.1, 0.15) is 11.5 Å². The lowest BCUT2D eigenvalue weighted by atomic mass is 10.1. The number of nitrogens with zero attached hydrogens (tertiary/aromatic N) is 4. The summed E-state index contributed by atoms with van der Waals surface area (Å²) in [7, 11) is 1.65. The third-order valence-electron chi connectivity index (χ3n) is 3.90. The van der Waals surface area contributed by atoms with Crippen LogP contribution in [0.2, 0.25) is 0 Å². The number of nitrogens with one attached hydrogen (secondary N) is 1. The van der Waals surface area contributed by atoms with Crippen molar-refractivity contribution in [2.75, 3.05) is 44.4 Å². The maximum absolute atomic E-state index is 12.5. The number of fused-ring (bicyclic) bond motifs is 1. The van der Waals surface area contributed by atoms with Crippen LogP contribution in [0.4, 0.5) is 11.8 Å². The minimum absolute atomic E-state index is 0.0427. The quantitative estimate of drug-likeness (QED) is 0.770. The minimum Gasteiger partial charge on any atom is -0.383 e. The average molecular weight is 348 g/mol. The molecule has 0 spiro atoms. The van der Waals surface area contributed by atoms with Crippen LogP contribution in [-0.4, -0.2) is 59.1 Å². The smallest absolute Gasteiger partial charge is 0.273 e. The normalized spacial score (nSPS) is 14.1. The van der Waals surface area contributed by atoms with E-state index in [1.807, 2.05) is 4.90 Å². The van der Waals surface area contributed by atoms with Crippen molar-refractivity contribution in [1.29, 1.82) is 0 Å². The molecule has 3 heterocycles. The van der Waals surface area contributed by atoms with Gasteiger partial charge in [-0.1, -0.05) is 0 Å². The summed E-state index contributed by atoms with van der Waals surface area (Å²) in [6.07, 6.45) is 1.33. The highest BCUT2D eigenvalue weighted by molar-refractivity contribution is 7.07. The van der Waals surface area contributed by atoms with Crippen LogP contribution in [0, 0.1) is 0 Å². The fourth-order valence-corrected chi connectivity index (χ4v) is 3.25. The van der Waals surface area contributed by atoms with Crippen molar-refractivity contribution in [3.8, 4) is 0 Å². The molecule has 0 saturated carbocycles. The van der Waals surface area contributed by atoms with Gasteiger partial charge in [0, 0.05) is 44.1 Å². The van der Waals surface area contributed by atoms with Crippen molar-refractivity contribution >= 4 is 29.0 Å². The largest absolute Gasteiger partial charge is 0.383 e. The third-order valence-corrected chi connectivity index (χ3v) is 4.48. The van der Waals surface area contributed by atoms with Gasteiger partial charge < -0.3 is 20.7 Å². The van der Waals surface area contributed by atoms with E-state index in [-0.39, 0.29) is 11.9 Å². The molecule has 0 aromatic carbocycles. The van der Waals surface area contributed by atoms with Gasteiger partial charge in [-0.05, 0) is 6.42 Å². The van der Waals surface area contributed by atoms with E-state index in [4.69, 9.17) is 10.5 Å². The second kappa shape index (κ2) is 7.54. The highest BCUT2D eigenvalue weighted by Gasteiger charge is 2.24. The molecular weight excluding hydrogens is 328 g/mol. The zero-order valence-electron chi connectivity index (χ0n) is 13.5. The first-order valence-corrected chi connectivity index (χ1v) is 8.69. The van der Waals surface area contributed by atoms with Crippen LogP contribution in [0.15, 0.2) is 10.9 Å². The Bertz CT molecular complexity index is 706. The molecule has 0 aliphatic carbocycles. The van der Waals surface area contributed by atoms with Crippen molar-refractivity contribution in [3.05, 3.63) is 27.8 Å². The van der Waals surface area contributed by atoms with Crippen LogP contribution in [0.1, 0.15) is 21.7 Å². The lowest BCUT2D eigenvalue weighted by Crippen LogP contribution is -2.33. The zero-order valence-corrected chi connectivity index (χ0v) is 14.3. The van der Waals surface area contributed by atoms with E-state index >= 15 is 0 Å². The average Bonchev–Trinajstić information content (AvgIpc) is 3.02. The summed E-state index contributed by atoms with van der Waals surface area (Å²) in [4.78, 5) is 27.1. The second-order valence-electron chi connectivity index (χ2n) is 5.44. The van der Waals surface area contributed by atoms with Gasteiger partial charge in [-0.25, -0.2) is 9.97 Å². The van der Waals surface area contributed by atoms with Crippen molar-refractivity contribution in [3.63, 3.8) is 0 Å². The monoisotopic (exact) mass is 348 g/mol. The maximum atomic E-state index is 12.5. The molecule has 0 fully saturated rings. The third kappa shape index (κ3) is 3.62. The first-order chi connectivity index (χ1) is 11.7. The Labute approximate surface area is 144 Å². The van der Waals surface area contributed by atoms with Gasteiger partial charge >= 0.3 is 0 Å². The molecule has 128 valence electrons. The summed E-state index contributed by atoms with van der Waals surface area (Å²) in [6, 6.07) is 0. The molecule has 0 bridgehead atoms. The first-order valence-electron chi connectivity index (χ1n) is 7.74.